The van der Waals surface area contributed by atoms with Gasteiger partial charge in [-0.3, -0.25) is 9.32 Å². The smallest absolute Gasteiger partial charge is 0.326 e. The molecule has 134 valence electrons. The van der Waals surface area contributed by atoms with E-state index in [1.165, 1.54) is 11.8 Å². The van der Waals surface area contributed by atoms with Gasteiger partial charge in [0.25, 0.3) is 0 Å². The third kappa shape index (κ3) is 4.05. The number of thioether (sulfide) groups is 1. The predicted molar refractivity (Wildman–Crippen MR) is 101 cm³/mol. The van der Waals surface area contributed by atoms with E-state index in [0.29, 0.717) is 10.8 Å². The van der Waals surface area contributed by atoms with Crippen LogP contribution in [0.1, 0.15) is 17.5 Å². The van der Waals surface area contributed by atoms with E-state index >= 15 is 0 Å². The van der Waals surface area contributed by atoms with E-state index in [1.807, 2.05) is 62.4 Å². The van der Waals surface area contributed by atoms with Crippen LogP contribution in [0.15, 0.2) is 62.9 Å². The van der Waals surface area contributed by atoms with Crippen molar-refractivity contribution in [3.63, 3.8) is 0 Å². The Balaban J connectivity index is 1.63. The molecule has 7 heteroatoms. The molecule has 3 rings (SSSR count). The Labute approximate surface area is 155 Å². The summed E-state index contributed by atoms with van der Waals surface area (Å²) >= 11 is 1.29. The van der Waals surface area contributed by atoms with Crippen molar-refractivity contribution in [1.29, 1.82) is 0 Å². The van der Waals surface area contributed by atoms with Crippen molar-refractivity contribution in [1.82, 2.24) is 5.27 Å². The molecule has 0 saturated heterocycles. The highest BCUT2D eigenvalue weighted by Crippen LogP contribution is 2.20. The first kappa shape index (κ1) is 18.0. The minimum Gasteiger partial charge on any atom is -0.326 e. The number of nitrogens with one attached hydrogen (secondary N) is 2. The van der Waals surface area contributed by atoms with Crippen LogP contribution >= 0.6 is 11.8 Å². The van der Waals surface area contributed by atoms with E-state index in [2.05, 4.69) is 10.6 Å². The third-order valence-corrected chi connectivity index (χ3v) is 4.97. The fraction of sp³-hybridized carbons (Fsp3) is 0.211. The summed E-state index contributed by atoms with van der Waals surface area (Å²) in [6.45, 7) is 3.93. The molecule has 0 radical (unpaired) electrons. The number of carbonyl (C=O) groups excluding carboxylic acids is 1. The number of aromatic amines is 1. The van der Waals surface area contributed by atoms with Crippen LogP contribution < -0.4 is 15.6 Å². The van der Waals surface area contributed by atoms with Crippen molar-refractivity contribution in [2.24, 2.45) is 0 Å². The zero-order valence-electron chi connectivity index (χ0n) is 14.6. The van der Waals surface area contributed by atoms with Gasteiger partial charge in [0, 0.05) is 30.0 Å². The summed E-state index contributed by atoms with van der Waals surface area (Å²) < 4.78 is 6.48. The molecular weight excluding hydrogens is 350 g/mol. The normalized spacial score (nSPS) is 10.7. The zero-order valence-corrected chi connectivity index (χ0v) is 15.4. The largest absolute Gasteiger partial charge is 0.442 e. The van der Waals surface area contributed by atoms with Gasteiger partial charge >= 0.3 is 10.7 Å². The Morgan fingerprint density at radius 3 is 2.50 bits per heavy atom. The maximum atomic E-state index is 12.2. The molecule has 0 aliphatic rings. The molecule has 1 amide bonds. The highest BCUT2D eigenvalue weighted by Gasteiger charge is 2.23. The topological polar surface area (TPSA) is 79.0 Å². The highest BCUT2D eigenvalue weighted by atomic mass is 32.2. The van der Waals surface area contributed by atoms with Gasteiger partial charge in [-0.1, -0.05) is 36.4 Å². The van der Waals surface area contributed by atoms with Crippen LogP contribution in [0, 0.1) is 13.8 Å². The molecule has 1 heterocycles. The summed E-state index contributed by atoms with van der Waals surface area (Å²) in [4.78, 5) is 24.2. The van der Waals surface area contributed by atoms with Crippen LogP contribution in [0.4, 0.5) is 5.69 Å². The van der Waals surface area contributed by atoms with Gasteiger partial charge in [0.2, 0.25) is 11.6 Å². The predicted octanol–water partition coefficient (Wildman–Crippen LogP) is 2.98. The number of amides is 1. The third-order valence-electron chi connectivity index (χ3n) is 3.94. The quantitative estimate of drug-likeness (QED) is 0.516. The maximum absolute atomic E-state index is 12.2. The fourth-order valence-corrected chi connectivity index (χ4v) is 3.50. The second kappa shape index (κ2) is 8.05. The molecule has 2 N–H and O–H groups in total. The molecule has 6 nitrogen and oxygen atoms in total. The molecule has 0 spiro atoms. The van der Waals surface area contributed by atoms with Crippen molar-refractivity contribution in [3.8, 4) is 5.69 Å². The van der Waals surface area contributed by atoms with Crippen LogP contribution in [0.5, 0.6) is 0 Å². The standard InChI is InChI=1S/C19H19N3O3S/c1-13-7-6-8-14(2)17(13)20-16(23)11-12-26-18-19(24)25-21-22(18)15-9-4-3-5-10-15/h3-10H,11-12H2,1-2H3,(H-,20,21,23,24)/p+1. The first-order valence-corrected chi connectivity index (χ1v) is 9.22. The van der Waals surface area contributed by atoms with Crippen LogP contribution in [0.25, 0.3) is 5.69 Å². The number of benzene rings is 2. The molecule has 1 aromatic heterocycles. The Morgan fingerprint density at radius 1 is 1.12 bits per heavy atom. The Bertz CT molecular complexity index is 943. The summed E-state index contributed by atoms with van der Waals surface area (Å²) in [7, 11) is 0. The summed E-state index contributed by atoms with van der Waals surface area (Å²) in [5, 5.41) is 5.96. The first-order valence-electron chi connectivity index (χ1n) is 8.24. The van der Waals surface area contributed by atoms with E-state index in [4.69, 9.17) is 4.52 Å². The van der Waals surface area contributed by atoms with Crippen molar-refractivity contribution in [3.05, 3.63) is 70.1 Å². The molecule has 3 aromatic rings. The molecule has 0 unspecified atom stereocenters. The minimum atomic E-state index is -0.450. The fourth-order valence-electron chi connectivity index (χ4n) is 2.59. The van der Waals surface area contributed by atoms with E-state index in [9.17, 15) is 9.59 Å². The van der Waals surface area contributed by atoms with Gasteiger partial charge in [-0.05, 0) is 46.7 Å². The Hall–Kier alpha value is -2.80. The second-order valence-corrected chi connectivity index (χ2v) is 6.95. The van der Waals surface area contributed by atoms with Crippen LogP contribution in [-0.2, 0) is 4.79 Å². The Kier molecular flexibility index (Phi) is 5.58. The molecule has 0 aliphatic carbocycles. The summed E-state index contributed by atoms with van der Waals surface area (Å²) in [5.41, 5.74) is 3.25. The van der Waals surface area contributed by atoms with Gasteiger partial charge in [-0.15, -0.1) is 0 Å². The van der Waals surface area contributed by atoms with E-state index in [-0.39, 0.29) is 12.3 Å². The lowest BCUT2D eigenvalue weighted by atomic mass is 10.1. The monoisotopic (exact) mass is 370 g/mol. The lowest BCUT2D eigenvalue weighted by molar-refractivity contribution is -0.704. The highest BCUT2D eigenvalue weighted by molar-refractivity contribution is 7.99. The maximum Gasteiger partial charge on any atom is 0.442 e. The first-order chi connectivity index (χ1) is 12.6. The lowest BCUT2D eigenvalue weighted by Crippen LogP contribution is -2.36. The number of rotatable bonds is 6. The van der Waals surface area contributed by atoms with Gasteiger partial charge in [0.15, 0.2) is 0 Å². The number of hydrogen-bond acceptors (Lipinski definition) is 4. The van der Waals surface area contributed by atoms with Crippen LogP contribution in [0.3, 0.4) is 0 Å². The summed E-state index contributed by atoms with van der Waals surface area (Å²) in [6.07, 6.45) is 0.290. The summed E-state index contributed by atoms with van der Waals surface area (Å²) in [5.74, 6) is 0.382. The van der Waals surface area contributed by atoms with Gasteiger partial charge in [0.05, 0.1) is 0 Å². The van der Waals surface area contributed by atoms with Gasteiger partial charge < -0.3 is 5.32 Å². The average Bonchev–Trinajstić information content (AvgIpc) is 3.00. The van der Waals surface area contributed by atoms with Crippen molar-refractivity contribution >= 4 is 23.4 Å². The zero-order chi connectivity index (χ0) is 18.5. The average molecular weight is 370 g/mol. The molecule has 0 aliphatic heterocycles. The van der Waals surface area contributed by atoms with Crippen molar-refractivity contribution in [2.75, 3.05) is 11.1 Å². The molecule has 0 atom stereocenters. The van der Waals surface area contributed by atoms with E-state index in [1.54, 1.807) is 4.68 Å². The van der Waals surface area contributed by atoms with Crippen molar-refractivity contribution in [2.45, 2.75) is 25.3 Å². The number of hydrogen-bond donors (Lipinski definition) is 2. The van der Waals surface area contributed by atoms with E-state index in [0.717, 1.165) is 22.5 Å². The molecule has 2 aromatic carbocycles. The van der Waals surface area contributed by atoms with Gasteiger partial charge in [-0.25, -0.2) is 4.79 Å². The number of aryl methyl sites for hydroxylation is 2. The van der Waals surface area contributed by atoms with Crippen molar-refractivity contribution < 1.29 is 14.0 Å². The number of carbonyl (C=O) groups is 1. The lowest BCUT2D eigenvalue weighted by Gasteiger charge is -2.10. The molecule has 0 bridgehead atoms. The number of H-pyrrole nitrogens is 1. The van der Waals surface area contributed by atoms with Crippen LogP contribution in [0.2, 0.25) is 0 Å². The minimum absolute atomic E-state index is 0.0823. The Morgan fingerprint density at radius 2 is 1.81 bits per heavy atom. The number of anilines is 1. The molecule has 26 heavy (non-hydrogen) atoms. The van der Waals surface area contributed by atoms with Crippen LogP contribution in [-0.4, -0.2) is 16.9 Å². The number of aromatic nitrogens is 2. The van der Waals surface area contributed by atoms with E-state index < -0.39 is 5.63 Å². The van der Waals surface area contributed by atoms with Gasteiger partial charge in [0.1, 0.15) is 0 Å². The number of para-hydroxylation sites is 2. The SMILES string of the molecule is Cc1cccc(C)c1NC(=O)CCSc1c(=O)o[nH][n+]1-c1ccccc1. The molecular formula is C19H20N3O3S+. The molecule has 0 fully saturated rings. The van der Waals surface area contributed by atoms with Gasteiger partial charge in [-0.2, -0.15) is 0 Å². The molecule has 0 saturated carbocycles. The second-order valence-electron chi connectivity index (χ2n) is 5.87. The number of nitrogens with zero attached hydrogens (tertiary/aromatic N) is 1. The summed E-state index contributed by atoms with van der Waals surface area (Å²) in [6, 6.07) is 15.3.